The van der Waals surface area contributed by atoms with Crippen LogP contribution in [0.25, 0.3) is 42.5 Å². The summed E-state index contributed by atoms with van der Waals surface area (Å²) in [4.78, 5) is 7.73. The van der Waals surface area contributed by atoms with Crippen molar-refractivity contribution in [1.82, 2.24) is 0 Å². The molecule has 10 heteroatoms. The van der Waals surface area contributed by atoms with E-state index in [1.807, 2.05) is 72.8 Å². The van der Waals surface area contributed by atoms with Gasteiger partial charge in [0, 0.05) is 19.5 Å². The lowest BCUT2D eigenvalue weighted by Gasteiger charge is -1.92. The minimum atomic E-state index is 0.0585. The van der Waals surface area contributed by atoms with Crippen LogP contribution in [-0.2, 0) is 26.4 Å². The van der Waals surface area contributed by atoms with Crippen LogP contribution >= 0.6 is 45.3 Å². The van der Waals surface area contributed by atoms with Gasteiger partial charge in [-0.2, -0.15) is 0 Å². The topological polar surface area (TPSA) is 107 Å². The molecular weight excluding hydrogens is 561 g/mol. The molecule has 0 saturated carbocycles. The first-order valence-electron chi connectivity index (χ1n) is 11.6. The third kappa shape index (κ3) is 6.09. The number of rotatable bonds is 8. The molecule has 6 aromatic rings. The lowest BCUT2D eigenvalue weighted by atomic mass is 10.3. The van der Waals surface area contributed by atoms with E-state index in [1.54, 1.807) is 0 Å². The van der Waals surface area contributed by atoms with Crippen molar-refractivity contribution in [2.45, 2.75) is 26.4 Å². The molecule has 6 heterocycles. The molecular formula is C28H24O6S4. The number of aliphatic hydroxyl groups excluding tert-OH is 4. The molecule has 0 radical (unpaired) electrons. The SMILES string of the molecule is OCc1ccc(-c2ccc(-c3ccc(CO)s3)o2)s1.OCc1ccc(-c2ccc(-c3ccc(CO)s3)o2)s1. The Hall–Kier alpha value is -2.80. The fourth-order valence-electron chi connectivity index (χ4n) is 3.59. The Morgan fingerprint density at radius 3 is 0.789 bits per heavy atom. The highest BCUT2D eigenvalue weighted by Crippen LogP contribution is 2.36. The standard InChI is InChI=1S/2C14H12O3S2/c2*15-7-9-1-5-13(18-9)11-3-4-12(17-11)14-6-2-10(8-16)19-14/h2*1-6,15-16H,7-8H2. The van der Waals surface area contributed by atoms with Gasteiger partial charge in [0.15, 0.2) is 0 Å². The first-order chi connectivity index (χ1) is 18.6. The molecule has 0 spiro atoms. The summed E-state index contributed by atoms with van der Waals surface area (Å²) in [6, 6.07) is 23.1. The molecule has 0 fully saturated rings. The summed E-state index contributed by atoms with van der Waals surface area (Å²) in [6.07, 6.45) is 0. The van der Waals surface area contributed by atoms with E-state index < -0.39 is 0 Å². The van der Waals surface area contributed by atoms with E-state index in [0.717, 1.165) is 62.1 Å². The molecule has 6 rings (SSSR count). The Morgan fingerprint density at radius 1 is 0.368 bits per heavy atom. The van der Waals surface area contributed by atoms with Crippen LogP contribution in [0.5, 0.6) is 0 Å². The summed E-state index contributed by atoms with van der Waals surface area (Å²) in [5, 5.41) is 36.3. The zero-order valence-corrected chi connectivity index (χ0v) is 23.3. The van der Waals surface area contributed by atoms with Gasteiger partial charge >= 0.3 is 0 Å². The average Bonchev–Trinajstić information content (AvgIpc) is 3.80. The first kappa shape index (κ1) is 26.8. The fourth-order valence-corrected chi connectivity index (χ4v) is 6.90. The summed E-state index contributed by atoms with van der Waals surface area (Å²) in [5.41, 5.74) is 0. The maximum absolute atomic E-state index is 9.07. The average molecular weight is 585 g/mol. The van der Waals surface area contributed by atoms with Gasteiger partial charge in [-0.1, -0.05) is 0 Å². The highest BCUT2D eigenvalue weighted by atomic mass is 32.1. The normalized spacial score (nSPS) is 11.1. The van der Waals surface area contributed by atoms with Crippen molar-refractivity contribution in [3.05, 3.63) is 92.3 Å². The monoisotopic (exact) mass is 584 g/mol. The van der Waals surface area contributed by atoms with Crippen molar-refractivity contribution in [3.8, 4) is 42.5 Å². The van der Waals surface area contributed by atoms with Gasteiger partial charge in [-0.3, -0.25) is 0 Å². The van der Waals surface area contributed by atoms with Gasteiger partial charge in [0.25, 0.3) is 0 Å². The van der Waals surface area contributed by atoms with Gasteiger partial charge in [-0.15, -0.1) is 45.3 Å². The minimum absolute atomic E-state index is 0.0585. The molecule has 4 N–H and O–H groups in total. The van der Waals surface area contributed by atoms with E-state index in [0.29, 0.717) is 0 Å². The van der Waals surface area contributed by atoms with Crippen LogP contribution < -0.4 is 0 Å². The van der Waals surface area contributed by atoms with Crippen LogP contribution in [0.2, 0.25) is 0 Å². The van der Waals surface area contributed by atoms with E-state index >= 15 is 0 Å². The third-order valence-electron chi connectivity index (χ3n) is 5.45. The number of furan rings is 2. The van der Waals surface area contributed by atoms with Gasteiger partial charge in [0.1, 0.15) is 23.0 Å². The molecule has 6 nitrogen and oxygen atoms in total. The van der Waals surface area contributed by atoms with Crippen molar-refractivity contribution >= 4 is 45.3 Å². The van der Waals surface area contributed by atoms with Gasteiger partial charge in [0.2, 0.25) is 0 Å². The fraction of sp³-hybridized carbons (Fsp3) is 0.143. The van der Waals surface area contributed by atoms with E-state index in [2.05, 4.69) is 0 Å². The minimum Gasteiger partial charge on any atom is -0.454 e. The molecule has 0 bridgehead atoms. The predicted molar refractivity (Wildman–Crippen MR) is 154 cm³/mol. The zero-order chi connectivity index (χ0) is 26.5. The van der Waals surface area contributed by atoms with E-state index in [1.165, 1.54) is 45.3 Å². The molecule has 0 amide bonds. The Balaban J connectivity index is 0.000000155. The molecule has 0 aromatic carbocycles. The van der Waals surface area contributed by atoms with Crippen LogP contribution in [0, 0.1) is 0 Å². The second-order valence-electron chi connectivity index (χ2n) is 8.02. The number of hydrogen-bond donors (Lipinski definition) is 4. The zero-order valence-electron chi connectivity index (χ0n) is 20.0. The van der Waals surface area contributed by atoms with Crippen LogP contribution in [-0.4, -0.2) is 20.4 Å². The number of thiophene rings is 4. The lowest BCUT2D eigenvalue weighted by molar-refractivity contribution is 0.285. The van der Waals surface area contributed by atoms with E-state index in [-0.39, 0.29) is 26.4 Å². The molecule has 6 aromatic heterocycles. The Kier molecular flexibility index (Phi) is 8.72. The smallest absolute Gasteiger partial charge is 0.144 e. The lowest BCUT2D eigenvalue weighted by Crippen LogP contribution is -1.70. The molecule has 196 valence electrons. The summed E-state index contributed by atoms with van der Waals surface area (Å²) in [5.74, 6) is 3.22. The third-order valence-corrected chi connectivity index (χ3v) is 9.79. The van der Waals surface area contributed by atoms with Crippen molar-refractivity contribution in [3.63, 3.8) is 0 Å². The molecule has 0 saturated heterocycles. The maximum Gasteiger partial charge on any atom is 0.144 e. The molecule has 38 heavy (non-hydrogen) atoms. The Morgan fingerprint density at radius 2 is 0.605 bits per heavy atom. The van der Waals surface area contributed by atoms with Gasteiger partial charge in [0.05, 0.1) is 45.9 Å². The maximum atomic E-state index is 9.07. The van der Waals surface area contributed by atoms with Crippen LogP contribution in [0.3, 0.4) is 0 Å². The summed E-state index contributed by atoms with van der Waals surface area (Å²) in [6.45, 7) is 0.234. The molecule has 0 aliphatic carbocycles. The molecule has 0 atom stereocenters. The summed E-state index contributed by atoms with van der Waals surface area (Å²) < 4.78 is 11.7. The largest absolute Gasteiger partial charge is 0.454 e. The van der Waals surface area contributed by atoms with Crippen LogP contribution in [0.4, 0.5) is 0 Å². The van der Waals surface area contributed by atoms with Gasteiger partial charge < -0.3 is 29.3 Å². The van der Waals surface area contributed by atoms with Crippen molar-refractivity contribution in [2.75, 3.05) is 0 Å². The second-order valence-corrected chi connectivity index (χ2v) is 12.7. The number of aliphatic hydroxyl groups is 4. The predicted octanol–water partition coefficient (Wildman–Crippen LogP) is 7.44. The number of hydrogen-bond acceptors (Lipinski definition) is 10. The first-order valence-corrected chi connectivity index (χ1v) is 14.9. The van der Waals surface area contributed by atoms with E-state index in [4.69, 9.17) is 29.3 Å². The van der Waals surface area contributed by atoms with Crippen LogP contribution in [0.15, 0.2) is 81.6 Å². The second kappa shape index (κ2) is 12.4. The van der Waals surface area contributed by atoms with Crippen molar-refractivity contribution in [2.24, 2.45) is 0 Å². The van der Waals surface area contributed by atoms with Crippen molar-refractivity contribution in [1.29, 1.82) is 0 Å². The van der Waals surface area contributed by atoms with Crippen molar-refractivity contribution < 1.29 is 29.3 Å². The van der Waals surface area contributed by atoms with Gasteiger partial charge in [-0.25, -0.2) is 0 Å². The summed E-state index contributed by atoms with van der Waals surface area (Å²) >= 11 is 6.10. The molecule has 0 unspecified atom stereocenters. The van der Waals surface area contributed by atoms with Gasteiger partial charge in [-0.05, 0) is 72.8 Å². The quantitative estimate of drug-likeness (QED) is 0.148. The van der Waals surface area contributed by atoms with Crippen LogP contribution in [0.1, 0.15) is 19.5 Å². The Bertz CT molecular complexity index is 1360. The highest BCUT2D eigenvalue weighted by Gasteiger charge is 2.12. The van der Waals surface area contributed by atoms with E-state index in [9.17, 15) is 0 Å². The summed E-state index contributed by atoms with van der Waals surface area (Å²) in [7, 11) is 0. The highest BCUT2D eigenvalue weighted by molar-refractivity contribution is 7.16. The molecule has 0 aliphatic rings. The molecule has 0 aliphatic heterocycles. The Labute approximate surface area is 235 Å².